The van der Waals surface area contributed by atoms with Gasteiger partial charge in [0.05, 0.1) is 13.0 Å². The fourth-order valence-electron chi connectivity index (χ4n) is 1.32. The van der Waals surface area contributed by atoms with Gasteiger partial charge in [0.25, 0.3) is 0 Å². The average molecular weight is 246 g/mol. The third kappa shape index (κ3) is 4.81. The molecule has 0 spiro atoms. The Kier molecular flexibility index (Phi) is 5.62. The monoisotopic (exact) mass is 246 g/mol. The standard InChI is InChI=1S/C14H14O4/c15-10-2-1-3-11-4-6-12(7-5-11)13(16)8-9-14(17)18/h4-7,15H,2,8-10H2,(H,17,18). The topological polar surface area (TPSA) is 74.6 Å². The number of carbonyl (C=O) groups excluding carboxylic acids is 1. The van der Waals surface area contributed by atoms with Crippen molar-refractivity contribution in [3.8, 4) is 11.8 Å². The summed E-state index contributed by atoms with van der Waals surface area (Å²) < 4.78 is 0. The van der Waals surface area contributed by atoms with Crippen LogP contribution in [0.4, 0.5) is 0 Å². The highest BCUT2D eigenvalue weighted by atomic mass is 16.4. The highest BCUT2D eigenvalue weighted by Crippen LogP contribution is 2.07. The van der Waals surface area contributed by atoms with E-state index in [9.17, 15) is 9.59 Å². The Balaban J connectivity index is 2.63. The Hall–Kier alpha value is -2.12. The Morgan fingerprint density at radius 1 is 1.11 bits per heavy atom. The van der Waals surface area contributed by atoms with Crippen molar-refractivity contribution in [1.29, 1.82) is 0 Å². The van der Waals surface area contributed by atoms with Crippen LogP contribution in [0.25, 0.3) is 0 Å². The number of carboxylic acid groups (broad SMARTS) is 1. The number of aliphatic hydroxyl groups is 1. The molecule has 1 aromatic rings. The molecule has 0 aromatic heterocycles. The van der Waals surface area contributed by atoms with Gasteiger partial charge in [-0.05, 0) is 12.1 Å². The molecule has 0 saturated carbocycles. The van der Waals surface area contributed by atoms with Crippen molar-refractivity contribution in [3.63, 3.8) is 0 Å². The van der Waals surface area contributed by atoms with Crippen LogP contribution in [0.1, 0.15) is 35.2 Å². The summed E-state index contributed by atoms with van der Waals surface area (Å²) in [5.74, 6) is 4.46. The van der Waals surface area contributed by atoms with E-state index in [0.29, 0.717) is 12.0 Å². The van der Waals surface area contributed by atoms with Crippen molar-refractivity contribution < 1.29 is 19.8 Å². The van der Waals surface area contributed by atoms with E-state index >= 15 is 0 Å². The van der Waals surface area contributed by atoms with Gasteiger partial charge < -0.3 is 10.2 Å². The number of ketones is 1. The van der Waals surface area contributed by atoms with Crippen LogP contribution in [0, 0.1) is 11.8 Å². The Morgan fingerprint density at radius 3 is 2.33 bits per heavy atom. The molecule has 0 unspecified atom stereocenters. The zero-order chi connectivity index (χ0) is 13.4. The third-order valence-electron chi connectivity index (χ3n) is 2.24. The van der Waals surface area contributed by atoms with Gasteiger partial charge >= 0.3 is 5.97 Å². The fraction of sp³-hybridized carbons (Fsp3) is 0.286. The summed E-state index contributed by atoms with van der Waals surface area (Å²) in [6, 6.07) is 6.68. The summed E-state index contributed by atoms with van der Waals surface area (Å²) >= 11 is 0. The lowest BCUT2D eigenvalue weighted by Gasteiger charge is -1.99. The summed E-state index contributed by atoms with van der Waals surface area (Å²) in [5.41, 5.74) is 1.25. The molecular weight excluding hydrogens is 232 g/mol. The third-order valence-corrected chi connectivity index (χ3v) is 2.24. The summed E-state index contributed by atoms with van der Waals surface area (Å²) in [5, 5.41) is 17.1. The first-order valence-electron chi connectivity index (χ1n) is 5.58. The molecule has 0 amide bonds. The predicted molar refractivity (Wildman–Crippen MR) is 66.2 cm³/mol. The van der Waals surface area contributed by atoms with Crippen LogP contribution in [0.5, 0.6) is 0 Å². The van der Waals surface area contributed by atoms with Crippen molar-refractivity contribution in [2.75, 3.05) is 6.61 Å². The minimum Gasteiger partial charge on any atom is -0.481 e. The normalized spacial score (nSPS) is 9.39. The van der Waals surface area contributed by atoms with Crippen LogP contribution >= 0.6 is 0 Å². The molecule has 4 heteroatoms. The van der Waals surface area contributed by atoms with Crippen LogP contribution in [-0.4, -0.2) is 28.6 Å². The SMILES string of the molecule is O=C(O)CCC(=O)c1ccc(C#CCCO)cc1. The van der Waals surface area contributed by atoms with Gasteiger partial charge in [-0.1, -0.05) is 24.0 Å². The molecule has 1 aromatic carbocycles. The average Bonchev–Trinajstić information content (AvgIpc) is 2.37. The lowest BCUT2D eigenvalue weighted by molar-refractivity contribution is -0.136. The maximum absolute atomic E-state index is 11.6. The molecule has 94 valence electrons. The predicted octanol–water partition coefficient (Wildman–Crippen LogP) is 1.47. The fourth-order valence-corrected chi connectivity index (χ4v) is 1.32. The van der Waals surface area contributed by atoms with Gasteiger partial charge in [-0.3, -0.25) is 9.59 Å². The molecule has 0 heterocycles. The zero-order valence-electron chi connectivity index (χ0n) is 9.85. The first-order valence-corrected chi connectivity index (χ1v) is 5.58. The summed E-state index contributed by atoms with van der Waals surface area (Å²) in [6.07, 6.45) is 0.265. The molecule has 0 aliphatic carbocycles. The number of rotatable bonds is 5. The summed E-state index contributed by atoms with van der Waals surface area (Å²) in [4.78, 5) is 21.9. The van der Waals surface area contributed by atoms with E-state index in [1.54, 1.807) is 24.3 Å². The molecule has 4 nitrogen and oxygen atoms in total. The van der Waals surface area contributed by atoms with Crippen molar-refractivity contribution >= 4 is 11.8 Å². The van der Waals surface area contributed by atoms with Gasteiger partial charge in [-0.25, -0.2) is 0 Å². The Morgan fingerprint density at radius 2 is 1.78 bits per heavy atom. The van der Waals surface area contributed by atoms with Crippen LogP contribution in [-0.2, 0) is 4.79 Å². The molecule has 0 bridgehead atoms. The molecule has 0 fully saturated rings. The first-order chi connectivity index (χ1) is 8.63. The minimum atomic E-state index is -0.977. The molecule has 0 aliphatic heterocycles. The van der Waals surface area contributed by atoms with Crippen LogP contribution in [0.15, 0.2) is 24.3 Å². The van der Waals surface area contributed by atoms with E-state index in [-0.39, 0.29) is 25.2 Å². The molecule has 0 saturated heterocycles. The maximum Gasteiger partial charge on any atom is 0.303 e. The second-order valence-electron chi connectivity index (χ2n) is 3.67. The largest absolute Gasteiger partial charge is 0.481 e. The van der Waals surface area contributed by atoms with Gasteiger partial charge in [0.15, 0.2) is 5.78 Å². The van der Waals surface area contributed by atoms with Crippen molar-refractivity contribution in [1.82, 2.24) is 0 Å². The summed E-state index contributed by atoms with van der Waals surface area (Å²) in [6.45, 7) is 0.0265. The lowest BCUT2D eigenvalue weighted by atomic mass is 10.0. The van der Waals surface area contributed by atoms with E-state index in [4.69, 9.17) is 10.2 Å². The molecular formula is C14H14O4. The number of carboxylic acids is 1. The van der Waals surface area contributed by atoms with E-state index in [2.05, 4.69) is 11.8 Å². The number of hydrogen-bond acceptors (Lipinski definition) is 3. The number of aliphatic hydroxyl groups excluding tert-OH is 1. The van der Waals surface area contributed by atoms with Crippen LogP contribution < -0.4 is 0 Å². The Bertz CT molecular complexity index is 477. The second-order valence-corrected chi connectivity index (χ2v) is 3.67. The summed E-state index contributed by atoms with van der Waals surface area (Å²) in [7, 11) is 0. The number of carbonyl (C=O) groups is 2. The molecule has 0 radical (unpaired) electrons. The van der Waals surface area contributed by atoms with Crippen LogP contribution in [0.2, 0.25) is 0 Å². The smallest absolute Gasteiger partial charge is 0.303 e. The zero-order valence-corrected chi connectivity index (χ0v) is 9.85. The van der Waals surface area contributed by atoms with E-state index < -0.39 is 5.97 Å². The van der Waals surface area contributed by atoms with Crippen molar-refractivity contribution in [3.05, 3.63) is 35.4 Å². The first kappa shape index (κ1) is 13.9. The van der Waals surface area contributed by atoms with Gasteiger partial charge in [-0.15, -0.1) is 0 Å². The quantitative estimate of drug-likeness (QED) is 0.609. The van der Waals surface area contributed by atoms with Crippen molar-refractivity contribution in [2.24, 2.45) is 0 Å². The number of Topliss-reactive ketones (excluding diaryl/α,β-unsaturated/α-hetero) is 1. The number of benzene rings is 1. The molecule has 0 atom stereocenters. The molecule has 2 N–H and O–H groups in total. The molecule has 0 aliphatic rings. The van der Waals surface area contributed by atoms with E-state index in [0.717, 1.165) is 5.56 Å². The second kappa shape index (κ2) is 7.25. The minimum absolute atomic E-state index is 0.00483. The van der Waals surface area contributed by atoms with Crippen molar-refractivity contribution in [2.45, 2.75) is 19.3 Å². The Labute approximate surface area is 105 Å². The number of hydrogen-bond donors (Lipinski definition) is 2. The highest BCUT2D eigenvalue weighted by Gasteiger charge is 2.07. The molecule has 1 rings (SSSR count). The van der Waals surface area contributed by atoms with E-state index in [1.807, 2.05) is 0 Å². The van der Waals surface area contributed by atoms with Gasteiger partial charge in [0.1, 0.15) is 0 Å². The maximum atomic E-state index is 11.6. The van der Waals surface area contributed by atoms with Gasteiger partial charge in [-0.2, -0.15) is 0 Å². The number of aliphatic carboxylic acids is 1. The molecule has 18 heavy (non-hydrogen) atoms. The van der Waals surface area contributed by atoms with Gasteiger partial charge in [0.2, 0.25) is 0 Å². The van der Waals surface area contributed by atoms with E-state index in [1.165, 1.54) is 0 Å². The van der Waals surface area contributed by atoms with Gasteiger partial charge in [0, 0.05) is 24.0 Å². The van der Waals surface area contributed by atoms with Crippen LogP contribution in [0.3, 0.4) is 0 Å². The lowest BCUT2D eigenvalue weighted by Crippen LogP contribution is -2.03. The highest BCUT2D eigenvalue weighted by molar-refractivity contribution is 5.97.